The first-order chi connectivity index (χ1) is 8.35. The average Bonchev–Trinajstić information content (AvgIpc) is 2.30. The Kier molecular flexibility index (Phi) is 4.12. The lowest BCUT2D eigenvalue weighted by molar-refractivity contribution is -0.568. The quantitative estimate of drug-likeness (QED) is 0.582. The topological polar surface area (TPSA) is 119 Å². The van der Waals surface area contributed by atoms with Crippen molar-refractivity contribution < 1.29 is 15.0 Å². The van der Waals surface area contributed by atoms with E-state index in [0.717, 1.165) is 12.4 Å². The molecule has 0 aromatic heterocycles. The molecule has 0 fully saturated rings. The van der Waals surface area contributed by atoms with Crippen LogP contribution in [0.1, 0.15) is 26.7 Å². The minimum absolute atomic E-state index is 0.00630. The molecule has 0 saturated carbocycles. The summed E-state index contributed by atoms with van der Waals surface area (Å²) in [5.41, 5.74) is -2.55. The summed E-state index contributed by atoms with van der Waals surface area (Å²) in [5.74, 6) is -0.0531. The second kappa shape index (κ2) is 5.21. The second-order valence-corrected chi connectivity index (χ2v) is 4.46. The Morgan fingerprint density at radius 2 is 2.17 bits per heavy atom. The average molecular weight is 257 g/mol. The van der Waals surface area contributed by atoms with Gasteiger partial charge in [0.25, 0.3) is 11.2 Å². The van der Waals surface area contributed by atoms with E-state index in [2.05, 4.69) is 4.99 Å². The number of nitro groups is 2. The third-order valence-electron chi connectivity index (χ3n) is 3.18. The third kappa shape index (κ3) is 2.37. The van der Waals surface area contributed by atoms with Crippen LogP contribution >= 0.6 is 0 Å². The maximum Gasteiger partial charge on any atom is 0.300 e. The lowest BCUT2D eigenvalue weighted by atomic mass is 9.81. The van der Waals surface area contributed by atoms with Gasteiger partial charge in [-0.3, -0.25) is 25.2 Å². The van der Waals surface area contributed by atoms with Crippen molar-refractivity contribution >= 4 is 6.21 Å². The van der Waals surface area contributed by atoms with E-state index in [0.29, 0.717) is 6.42 Å². The highest BCUT2D eigenvalue weighted by Gasteiger charge is 2.56. The zero-order chi connectivity index (χ0) is 13.9. The molecular weight excluding hydrogens is 242 g/mol. The minimum Gasteiger partial charge on any atom is -0.376 e. The third-order valence-corrected chi connectivity index (χ3v) is 3.18. The minimum atomic E-state index is -1.91. The van der Waals surface area contributed by atoms with E-state index in [1.54, 1.807) is 6.92 Å². The molecule has 3 unspecified atom stereocenters. The van der Waals surface area contributed by atoms with Crippen LogP contribution in [-0.2, 0) is 0 Å². The Morgan fingerprint density at radius 3 is 2.61 bits per heavy atom. The fourth-order valence-electron chi connectivity index (χ4n) is 1.88. The van der Waals surface area contributed by atoms with Gasteiger partial charge in [0, 0.05) is 11.3 Å². The number of aliphatic hydroxyl groups excluding tert-OH is 1. The van der Waals surface area contributed by atoms with Crippen LogP contribution in [-0.4, -0.2) is 32.8 Å². The molecule has 1 aliphatic heterocycles. The van der Waals surface area contributed by atoms with E-state index in [1.165, 1.54) is 0 Å². The molecule has 0 amide bonds. The Labute approximate surface area is 103 Å². The largest absolute Gasteiger partial charge is 0.376 e. The van der Waals surface area contributed by atoms with E-state index >= 15 is 0 Å². The van der Waals surface area contributed by atoms with E-state index < -0.39 is 27.2 Å². The summed E-state index contributed by atoms with van der Waals surface area (Å²) in [7, 11) is 0. The van der Waals surface area contributed by atoms with Crippen molar-refractivity contribution in [2.24, 2.45) is 10.9 Å². The van der Waals surface area contributed by atoms with Crippen LogP contribution in [0.4, 0.5) is 0 Å². The monoisotopic (exact) mass is 257 g/mol. The van der Waals surface area contributed by atoms with Crippen LogP contribution < -0.4 is 0 Å². The number of aliphatic hydroxyl groups is 1. The van der Waals surface area contributed by atoms with Gasteiger partial charge in [0.1, 0.15) is 6.20 Å². The standard InChI is InChI=1S/C10H15N3O5/c1-3-7(2)4-10(13(17)18)6-11-5-8(9(10)14)12(15)16/h5-7,9,14H,3-4H2,1-2H3. The number of rotatable bonds is 5. The summed E-state index contributed by atoms with van der Waals surface area (Å²) in [6.45, 7) is 3.64. The molecule has 0 aromatic rings. The van der Waals surface area contributed by atoms with Crippen molar-refractivity contribution in [1.29, 1.82) is 0 Å². The summed E-state index contributed by atoms with van der Waals surface area (Å²) in [4.78, 5) is 24.0. The molecule has 0 spiro atoms. The van der Waals surface area contributed by atoms with Crippen LogP contribution in [0.5, 0.6) is 0 Å². The van der Waals surface area contributed by atoms with Gasteiger partial charge in [-0.1, -0.05) is 20.3 Å². The molecule has 0 bridgehead atoms. The first-order valence-corrected chi connectivity index (χ1v) is 5.56. The van der Waals surface area contributed by atoms with Crippen molar-refractivity contribution in [3.63, 3.8) is 0 Å². The van der Waals surface area contributed by atoms with Crippen LogP contribution in [0.2, 0.25) is 0 Å². The normalized spacial score (nSPS) is 28.6. The second-order valence-electron chi connectivity index (χ2n) is 4.46. The van der Waals surface area contributed by atoms with Crippen molar-refractivity contribution in [2.45, 2.75) is 38.3 Å². The first kappa shape index (κ1) is 14.2. The molecule has 1 rings (SSSR count). The molecule has 0 saturated heterocycles. The molecule has 100 valence electrons. The molecule has 1 aliphatic rings. The maximum absolute atomic E-state index is 11.2. The van der Waals surface area contributed by atoms with Crippen molar-refractivity contribution in [3.05, 3.63) is 32.1 Å². The molecule has 0 radical (unpaired) electrons. The summed E-state index contributed by atoms with van der Waals surface area (Å²) in [5, 5.41) is 31.8. The van der Waals surface area contributed by atoms with Crippen LogP contribution in [0.3, 0.4) is 0 Å². The lowest BCUT2D eigenvalue weighted by Gasteiger charge is -2.28. The molecule has 0 aliphatic carbocycles. The Balaban J connectivity index is 3.15. The van der Waals surface area contributed by atoms with E-state index in [9.17, 15) is 25.3 Å². The highest BCUT2D eigenvalue weighted by atomic mass is 16.6. The predicted molar refractivity (Wildman–Crippen MR) is 63.4 cm³/mol. The number of hydrogen-bond acceptors (Lipinski definition) is 6. The van der Waals surface area contributed by atoms with E-state index in [-0.39, 0.29) is 12.3 Å². The van der Waals surface area contributed by atoms with Gasteiger partial charge in [-0.2, -0.15) is 0 Å². The van der Waals surface area contributed by atoms with Gasteiger partial charge in [-0.05, 0) is 5.92 Å². The highest BCUT2D eigenvalue weighted by Crippen LogP contribution is 2.31. The number of nitrogens with zero attached hydrogens (tertiary/aromatic N) is 3. The number of aliphatic imine (C=N–C) groups is 1. The molecular formula is C10H15N3O5. The van der Waals surface area contributed by atoms with Gasteiger partial charge in [0.2, 0.25) is 6.10 Å². The molecule has 3 atom stereocenters. The molecule has 0 aromatic carbocycles. The van der Waals surface area contributed by atoms with Gasteiger partial charge in [0.15, 0.2) is 0 Å². The summed E-state index contributed by atoms with van der Waals surface area (Å²) < 4.78 is 0. The van der Waals surface area contributed by atoms with E-state index in [4.69, 9.17) is 0 Å². The van der Waals surface area contributed by atoms with Crippen LogP contribution in [0.15, 0.2) is 16.9 Å². The lowest BCUT2D eigenvalue weighted by Crippen LogP contribution is -2.54. The Bertz CT molecular complexity index is 420. The fraction of sp³-hybridized carbons (Fsp3) is 0.700. The molecule has 8 nitrogen and oxygen atoms in total. The van der Waals surface area contributed by atoms with Gasteiger partial charge in [0.05, 0.1) is 11.1 Å². The van der Waals surface area contributed by atoms with Crippen molar-refractivity contribution in [3.8, 4) is 0 Å². The number of hydrogen-bond donors (Lipinski definition) is 1. The fourth-order valence-corrected chi connectivity index (χ4v) is 1.88. The molecule has 18 heavy (non-hydrogen) atoms. The summed E-state index contributed by atoms with van der Waals surface area (Å²) in [6.07, 6.45) is 0.744. The first-order valence-electron chi connectivity index (χ1n) is 5.56. The Morgan fingerprint density at radius 1 is 1.56 bits per heavy atom. The molecule has 8 heteroatoms. The van der Waals surface area contributed by atoms with Crippen molar-refractivity contribution in [1.82, 2.24) is 0 Å². The molecule has 1 heterocycles. The zero-order valence-corrected chi connectivity index (χ0v) is 10.1. The zero-order valence-electron chi connectivity index (χ0n) is 10.1. The SMILES string of the molecule is CCC(C)CC1([N+](=O)[O-])C=NC=C([N+](=O)[O-])C1O. The van der Waals surface area contributed by atoms with Crippen LogP contribution in [0, 0.1) is 26.1 Å². The maximum atomic E-state index is 11.2. The van der Waals surface area contributed by atoms with Crippen molar-refractivity contribution in [2.75, 3.05) is 0 Å². The Hall–Kier alpha value is -1.83. The molecule has 1 N–H and O–H groups in total. The van der Waals surface area contributed by atoms with E-state index in [1.807, 2.05) is 6.92 Å². The van der Waals surface area contributed by atoms with Crippen LogP contribution in [0.25, 0.3) is 0 Å². The smallest absolute Gasteiger partial charge is 0.300 e. The predicted octanol–water partition coefficient (Wildman–Crippen LogP) is 1.00. The van der Waals surface area contributed by atoms with Gasteiger partial charge in [-0.15, -0.1) is 0 Å². The van der Waals surface area contributed by atoms with Gasteiger partial charge in [-0.25, -0.2) is 0 Å². The van der Waals surface area contributed by atoms with Gasteiger partial charge < -0.3 is 5.11 Å². The summed E-state index contributed by atoms with van der Waals surface area (Å²) in [6, 6.07) is 0. The van der Waals surface area contributed by atoms with Gasteiger partial charge >= 0.3 is 0 Å². The summed E-state index contributed by atoms with van der Waals surface area (Å²) >= 11 is 0. The highest BCUT2D eigenvalue weighted by molar-refractivity contribution is 5.72.